The second-order valence-electron chi connectivity index (χ2n) is 9.90. The Bertz CT molecular complexity index is 1740. The van der Waals surface area contributed by atoms with E-state index in [1.165, 1.54) is 11.8 Å². The smallest absolute Gasteiger partial charge is 0.353 e. The fraction of sp³-hybridized carbons (Fsp3) is 0.129. The Balaban J connectivity index is 1.43. The fourth-order valence-corrected chi connectivity index (χ4v) is 7.72. The van der Waals surface area contributed by atoms with Crippen molar-refractivity contribution in [3.8, 4) is 0 Å². The van der Waals surface area contributed by atoms with Crippen molar-refractivity contribution in [2.45, 2.75) is 17.0 Å². The van der Waals surface area contributed by atoms with E-state index in [1.54, 1.807) is 0 Å². The third kappa shape index (κ3) is 5.54. The molecule has 0 saturated carbocycles. The fourth-order valence-electron chi connectivity index (χ4n) is 5.24. The van der Waals surface area contributed by atoms with Crippen LogP contribution in [0, 0.1) is 0 Å². The van der Waals surface area contributed by atoms with E-state index in [2.05, 4.69) is 15.5 Å². The highest BCUT2D eigenvalue weighted by molar-refractivity contribution is 8.00. The molecule has 6 rings (SSSR count). The highest BCUT2D eigenvalue weighted by atomic mass is 35.5. The second-order valence-corrected chi connectivity index (χ2v) is 13.1. The van der Waals surface area contributed by atoms with Crippen LogP contribution >= 0.6 is 46.3 Å². The first-order valence-electron chi connectivity index (χ1n) is 13.4. The molecule has 2 atom stereocenters. The van der Waals surface area contributed by atoms with E-state index in [1.807, 2.05) is 91.0 Å². The van der Waals surface area contributed by atoms with E-state index in [0.29, 0.717) is 0 Å². The largest absolute Gasteiger partial charge is 0.477 e. The van der Waals surface area contributed by atoms with Gasteiger partial charge in [0.1, 0.15) is 27.1 Å². The summed E-state index contributed by atoms with van der Waals surface area (Å²) >= 11 is 14.8. The van der Waals surface area contributed by atoms with Crippen LogP contribution in [0.15, 0.2) is 107 Å². The molecule has 0 aliphatic carbocycles. The third-order valence-corrected chi connectivity index (χ3v) is 10.1. The summed E-state index contributed by atoms with van der Waals surface area (Å²) in [4.78, 5) is 50.6. The lowest BCUT2D eigenvalue weighted by Gasteiger charge is -2.48. The van der Waals surface area contributed by atoms with Crippen LogP contribution in [0.3, 0.4) is 0 Å². The molecule has 0 spiro atoms. The zero-order valence-corrected chi connectivity index (χ0v) is 26.2. The van der Waals surface area contributed by atoms with E-state index in [4.69, 9.17) is 33.8 Å². The van der Waals surface area contributed by atoms with Gasteiger partial charge in [0.2, 0.25) is 5.60 Å². The summed E-state index contributed by atoms with van der Waals surface area (Å²) < 4.78 is 0.0891. The highest BCUT2D eigenvalue weighted by Crippen LogP contribution is 2.43. The van der Waals surface area contributed by atoms with Crippen molar-refractivity contribution in [3.05, 3.63) is 128 Å². The number of aromatic nitrogens is 1. The summed E-state index contributed by atoms with van der Waals surface area (Å²) in [6.07, 6.45) is 0. The molecule has 1 saturated heterocycles. The minimum atomic E-state index is -1.33. The highest BCUT2D eigenvalue weighted by Gasteiger charge is 2.54. The maximum Gasteiger partial charge on any atom is 0.353 e. The Morgan fingerprint density at radius 1 is 0.978 bits per heavy atom. The Labute approximate surface area is 275 Å². The van der Waals surface area contributed by atoms with Gasteiger partial charge in [-0.2, -0.15) is 0 Å². The lowest BCUT2D eigenvalue weighted by molar-refractivity contribution is -0.150. The van der Waals surface area contributed by atoms with Gasteiger partial charge in [-0.05, 0) is 0 Å². The number of hydrogen-bond donors (Lipinski definition) is 3. The molecule has 0 radical (unpaired) electrons. The van der Waals surface area contributed by atoms with Crippen LogP contribution in [0.1, 0.15) is 22.4 Å². The van der Waals surface area contributed by atoms with Gasteiger partial charge in [0.15, 0.2) is 10.8 Å². The molecular formula is C31H23Cl2N5O5S2. The van der Waals surface area contributed by atoms with Crippen LogP contribution in [-0.2, 0) is 24.8 Å². The number of thioether (sulfide) groups is 1. The number of nitrogen functional groups attached to an aromatic ring is 1. The summed E-state index contributed by atoms with van der Waals surface area (Å²) in [7, 11) is 0. The molecule has 1 aromatic heterocycles. The van der Waals surface area contributed by atoms with Crippen LogP contribution in [-0.4, -0.2) is 55.7 Å². The summed E-state index contributed by atoms with van der Waals surface area (Å²) in [5, 5.41) is 16.2. The number of amides is 2. The van der Waals surface area contributed by atoms with E-state index in [0.717, 1.165) is 32.9 Å². The molecule has 10 nitrogen and oxygen atoms in total. The predicted molar refractivity (Wildman–Crippen MR) is 174 cm³/mol. The summed E-state index contributed by atoms with van der Waals surface area (Å²) in [6.45, 7) is 0. The molecule has 0 bridgehead atoms. The number of halogens is 2. The van der Waals surface area contributed by atoms with Crippen LogP contribution in [0.2, 0.25) is 4.34 Å². The summed E-state index contributed by atoms with van der Waals surface area (Å²) in [5.74, 6) is -2.62. The van der Waals surface area contributed by atoms with Crippen molar-refractivity contribution < 1.29 is 24.3 Å². The molecule has 2 aliphatic heterocycles. The van der Waals surface area contributed by atoms with E-state index < -0.39 is 34.8 Å². The van der Waals surface area contributed by atoms with Crippen molar-refractivity contribution in [2.75, 3.05) is 11.5 Å². The number of carboxylic acids is 1. The summed E-state index contributed by atoms with van der Waals surface area (Å²) in [6, 6.07) is 27.2. The van der Waals surface area contributed by atoms with Gasteiger partial charge < -0.3 is 21.0 Å². The number of fused-ring (bicyclic) bond motifs is 1. The zero-order valence-electron chi connectivity index (χ0n) is 23.1. The number of β-lactam (4-membered cyclic amide) rings is 1. The number of thiazole rings is 1. The molecule has 4 N–H and O–H groups in total. The Morgan fingerprint density at radius 3 is 1.98 bits per heavy atom. The van der Waals surface area contributed by atoms with Gasteiger partial charge in [-0.3, -0.25) is 14.5 Å². The first-order valence-corrected chi connectivity index (χ1v) is 16.1. The van der Waals surface area contributed by atoms with Gasteiger partial charge in [-0.25, -0.2) is 9.78 Å². The number of nitrogens with one attached hydrogen (secondary N) is 1. The molecule has 228 valence electrons. The number of rotatable bonds is 9. The third-order valence-electron chi connectivity index (χ3n) is 7.27. The average molecular weight is 681 g/mol. The lowest BCUT2D eigenvalue weighted by Crippen LogP contribution is -2.71. The first kappa shape index (κ1) is 30.7. The second kappa shape index (κ2) is 12.6. The molecule has 45 heavy (non-hydrogen) atoms. The van der Waals surface area contributed by atoms with Gasteiger partial charge in [-0.1, -0.05) is 131 Å². The van der Waals surface area contributed by atoms with Gasteiger partial charge in [0.05, 0.1) is 5.03 Å². The van der Waals surface area contributed by atoms with Crippen LogP contribution < -0.4 is 11.1 Å². The van der Waals surface area contributed by atoms with Gasteiger partial charge in [0.25, 0.3) is 11.8 Å². The first-order chi connectivity index (χ1) is 21.7. The molecule has 2 aliphatic rings. The summed E-state index contributed by atoms with van der Waals surface area (Å²) in [5.41, 5.74) is 6.12. The monoisotopic (exact) mass is 679 g/mol. The molecule has 4 aromatic rings. The number of carboxylic acid groups (broad SMARTS) is 1. The maximum absolute atomic E-state index is 13.9. The Kier molecular flexibility index (Phi) is 8.56. The molecule has 3 aromatic carbocycles. The molecular weight excluding hydrogens is 657 g/mol. The maximum atomic E-state index is 13.9. The average Bonchev–Trinajstić information content (AvgIpc) is 3.39. The van der Waals surface area contributed by atoms with E-state index >= 15 is 0 Å². The predicted octanol–water partition coefficient (Wildman–Crippen LogP) is 5.03. The number of carbonyl (C=O) groups is 3. The van der Waals surface area contributed by atoms with Crippen LogP contribution in [0.25, 0.3) is 0 Å². The minimum absolute atomic E-state index is 0.0335. The number of anilines is 1. The lowest BCUT2D eigenvalue weighted by atomic mass is 9.80. The molecule has 3 heterocycles. The van der Waals surface area contributed by atoms with Crippen molar-refractivity contribution in [2.24, 2.45) is 5.16 Å². The standard InChI is InChI=1S/C31H23Cl2N5O5S2/c32-20-16-44-28-23(27(40)38(28)24(20)29(41)42)35-26(39)22(21-25(33)45-30(34)36-21)37-43-31(17-10-4-1-5-11-17,18-12-6-2-7-13-18)19-14-8-3-9-15-19/h1-15,23,28H,16H2,(H2,34,36)(H,35,39)(H,41,42)/t23-,28+/m1/s1. The SMILES string of the molecule is Nc1nc(C(=NOC(c2ccccc2)(c2ccccc2)c2ccccc2)C(=O)N[C@@H]2C(=O)N3C(C(=O)O)=C(Cl)CS[C@@H]23)c(Cl)s1. The van der Waals surface area contributed by atoms with Crippen molar-refractivity contribution >= 4 is 74.9 Å². The zero-order chi connectivity index (χ0) is 31.7. The number of carbonyl (C=O) groups excluding carboxylic acids is 2. The number of benzene rings is 3. The van der Waals surface area contributed by atoms with Crippen LogP contribution in [0.4, 0.5) is 5.13 Å². The minimum Gasteiger partial charge on any atom is -0.477 e. The Hall–Kier alpha value is -4.36. The topological polar surface area (TPSA) is 147 Å². The van der Waals surface area contributed by atoms with E-state index in [-0.39, 0.29) is 37.4 Å². The van der Waals surface area contributed by atoms with Crippen molar-refractivity contribution in [1.82, 2.24) is 15.2 Å². The quantitative estimate of drug-likeness (QED) is 0.0967. The molecule has 14 heteroatoms. The number of nitrogens with zero attached hydrogens (tertiary/aromatic N) is 3. The Morgan fingerprint density at radius 2 is 1.51 bits per heavy atom. The van der Waals surface area contributed by atoms with Gasteiger partial charge in [-0.15, -0.1) is 11.8 Å². The van der Waals surface area contributed by atoms with Gasteiger partial charge >= 0.3 is 5.97 Å². The molecule has 1 fully saturated rings. The van der Waals surface area contributed by atoms with E-state index in [9.17, 15) is 19.5 Å². The normalized spacial score (nSPS) is 18.2. The van der Waals surface area contributed by atoms with Gasteiger partial charge in [0, 0.05) is 22.4 Å². The number of oxime groups is 1. The van der Waals surface area contributed by atoms with Crippen molar-refractivity contribution in [3.63, 3.8) is 0 Å². The van der Waals surface area contributed by atoms with Crippen molar-refractivity contribution in [1.29, 1.82) is 0 Å². The number of nitrogens with two attached hydrogens (primary N) is 1. The molecule has 0 unspecified atom stereocenters. The van der Waals surface area contributed by atoms with Crippen LogP contribution in [0.5, 0.6) is 0 Å². The number of hydrogen-bond acceptors (Lipinski definition) is 9. The molecule has 2 amide bonds. The number of aliphatic carboxylic acids is 1.